The first-order chi connectivity index (χ1) is 9.75. The largest absolute Gasteiger partial charge is 0.382 e. The lowest BCUT2D eigenvalue weighted by Gasteiger charge is -2.49. The van der Waals surface area contributed by atoms with E-state index in [1.165, 1.54) is 0 Å². The summed E-state index contributed by atoms with van der Waals surface area (Å²) in [6, 6.07) is 10.2. The van der Waals surface area contributed by atoms with Gasteiger partial charge in [-0.3, -0.25) is 0 Å². The van der Waals surface area contributed by atoms with Crippen LogP contribution in [0.25, 0.3) is 10.6 Å². The second kappa shape index (κ2) is 4.65. The quantitative estimate of drug-likeness (QED) is 0.922. The Morgan fingerprint density at radius 2 is 1.95 bits per heavy atom. The van der Waals surface area contributed by atoms with Crippen LogP contribution in [0.4, 0.5) is 0 Å². The monoisotopic (exact) mass is 286 g/mol. The van der Waals surface area contributed by atoms with Crippen molar-refractivity contribution < 1.29 is 5.11 Å². The summed E-state index contributed by atoms with van der Waals surface area (Å²) in [6.07, 6.45) is 2.18. The van der Waals surface area contributed by atoms with Crippen molar-refractivity contribution in [3.8, 4) is 10.6 Å². The molecule has 1 N–H and O–H groups in total. The Morgan fingerprint density at radius 1 is 1.20 bits per heavy atom. The molecular formula is C16H18N2OS. The van der Waals surface area contributed by atoms with E-state index in [0.717, 1.165) is 48.7 Å². The predicted octanol–water partition coefficient (Wildman–Crippen LogP) is 2.72. The van der Waals surface area contributed by atoms with Crippen molar-refractivity contribution in [1.29, 1.82) is 0 Å². The van der Waals surface area contributed by atoms with E-state index in [2.05, 4.69) is 17.0 Å². The third kappa shape index (κ3) is 1.91. The molecule has 2 bridgehead atoms. The summed E-state index contributed by atoms with van der Waals surface area (Å²) in [5.41, 5.74) is 1.27. The first kappa shape index (κ1) is 12.5. The number of piperidine rings is 3. The maximum atomic E-state index is 11.1. The van der Waals surface area contributed by atoms with Crippen LogP contribution in [0.3, 0.4) is 0 Å². The van der Waals surface area contributed by atoms with Gasteiger partial charge >= 0.3 is 0 Å². The first-order valence-electron chi connectivity index (χ1n) is 7.22. The molecule has 0 amide bonds. The minimum atomic E-state index is -0.736. The van der Waals surface area contributed by atoms with E-state index in [4.69, 9.17) is 4.98 Å². The lowest BCUT2D eigenvalue weighted by Crippen LogP contribution is -2.57. The van der Waals surface area contributed by atoms with Gasteiger partial charge < -0.3 is 10.0 Å². The number of aromatic nitrogens is 1. The summed E-state index contributed by atoms with van der Waals surface area (Å²) in [5.74, 6) is 0.373. The third-order valence-corrected chi connectivity index (χ3v) is 5.59. The summed E-state index contributed by atoms with van der Waals surface area (Å²) in [6.45, 7) is 3.00. The Labute approximate surface area is 122 Å². The standard InChI is InChI=1S/C16H18N2OS/c19-16(11-18-8-6-13(16)7-9-18)14-10-20-15(17-14)12-4-2-1-3-5-12/h1-5,10,13,19H,6-9,11H2. The fourth-order valence-electron chi connectivity index (χ4n) is 3.51. The molecule has 0 spiro atoms. The molecule has 3 fully saturated rings. The Kier molecular flexibility index (Phi) is 2.91. The Balaban J connectivity index is 1.68. The third-order valence-electron chi connectivity index (χ3n) is 4.70. The predicted molar refractivity (Wildman–Crippen MR) is 80.6 cm³/mol. The van der Waals surface area contributed by atoms with Gasteiger partial charge in [0.25, 0.3) is 0 Å². The summed E-state index contributed by atoms with van der Waals surface area (Å²) in [4.78, 5) is 7.10. The Bertz CT molecular complexity index is 604. The van der Waals surface area contributed by atoms with Crippen molar-refractivity contribution in [1.82, 2.24) is 9.88 Å². The van der Waals surface area contributed by atoms with Crippen LogP contribution in [0, 0.1) is 5.92 Å². The maximum absolute atomic E-state index is 11.1. The van der Waals surface area contributed by atoms with Gasteiger partial charge in [0.1, 0.15) is 10.6 Å². The van der Waals surface area contributed by atoms with Crippen LogP contribution in [-0.2, 0) is 5.60 Å². The molecule has 3 aliphatic heterocycles. The molecule has 1 atom stereocenters. The highest BCUT2D eigenvalue weighted by molar-refractivity contribution is 7.13. The van der Waals surface area contributed by atoms with Gasteiger partial charge in [-0.1, -0.05) is 30.3 Å². The van der Waals surface area contributed by atoms with Crippen molar-refractivity contribution in [2.24, 2.45) is 5.92 Å². The van der Waals surface area contributed by atoms with Crippen LogP contribution >= 0.6 is 11.3 Å². The second-order valence-electron chi connectivity index (χ2n) is 5.88. The molecule has 1 aromatic heterocycles. The Morgan fingerprint density at radius 3 is 2.60 bits per heavy atom. The van der Waals surface area contributed by atoms with Crippen LogP contribution in [0.2, 0.25) is 0 Å². The van der Waals surface area contributed by atoms with Gasteiger partial charge in [-0.05, 0) is 31.8 Å². The summed E-state index contributed by atoms with van der Waals surface area (Å²) < 4.78 is 0. The molecule has 5 rings (SSSR count). The van der Waals surface area contributed by atoms with E-state index < -0.39 is 5.60 Å². The number of rotatable bonds is 2. The molecule has 0 saturated carbocycles. The average molecular weight is 286 g/mol. The summed E-state index contributed by atoms with van der Waals surface area (Å²) in [7, 11) is 0. The van der Waals surface area contributed by atoms with Gasteiger partial charge in [0.15, 0.2) is 0 Å². The topological polar surface area (TPSA) is 36.4 Å². The van der Waals surface area contributed by atoms with Gasteiger partial charge in [-0.15, -0.1) is 11.3 Å². The molecule has 3 nitrogen and oxygen atoms in total. The normalized spacial score (nSPS) is 32.5. The van der Waals surface area contributed by atoms with Crippen molar-refractivity contribution in [3.63, 3.8) is 0 Å². The molecule has 4 heteroatoms. The van der Waals surface area contributed by atoms with Crippen molar-refractivity contribution in [2.75, 3.05) is 19.6 Å². The van der Waals surface area contributed by atoms with Crippen molar-refractivity contribution >= 4 is 11.3 Å². The van der Waals surface area contributed by atoms with E-state index in [-0.39, 0.29) is 0 Å². The number of benzene rings is 1. The van der Waals surface area contributed by atoms with Crippen molar-refractivity contribution in [2.45, 2.75) is 18.4 Å². The van der Waals surface area contributed by atoms with Crippen LogP contribution in [-0.4, -0.2) is 34.6 Å². The van der Waals surface area contributed by atoms with Crippen LogP contribution in [0.15, 0.2) is 35.7 Å². The lowest BCUT2D eigenvalue weighted by atomic mass is 9.74. The number of hydrogen-bond donors (Lipinski definition) is 1. The van der Waals surface area contributed by atoms with E-state index >= 15 is 0 Å². The number of fused-ring (bicyclic) bond motifs is 3. The minimum Gasteiger partial charge on any atom is -0.382 e. The van der Waals surface area contributed by atoms with E-state index in [9.17, 15) is 5.11 Å². The minimum absolute atomic E-state index is 0.373. The van der Waals surface area contributed by atoms with Crippen LogP contribution in [0.5, 0.6) is 0 Å². The van der Waals surface area contributed by atoms with Crippen LogP contribution in [0.1, 0.15) is 18.5 Å². The molecule has 0 radical (unpaired) electrons. The highest BCUT2D eigenvalue weighted by Crippen LogP contribution is 2.43. The van der Waals surface area contributed by atoms with Gasteiger partial charge in [0.05, 0.1) is 5.69 Å². The van der Waals surface area contributed by atoms with E-state index in [1.54, 1.807) is 11.3 Å². The van der Waals surface area contributed by atoms with Crippen LogP contribution < -0.4 is 0 Å². The zero-order valence-electron chi connectivity index (χ0n) is 11.3. The average Bonchev–Trinajstić information content (AvgIpc) is 3.00. The van der Waals surface area contributed by atoms with E-state index in [0.29, 0.717) is 5.92 Å². The molecular weight excluding hydrogens is 268 g/mol. The molecule has 20 heavy (non-hydrogen) atoms. The van der Waals surface area contributed by atoms with E-state index in [1.807, 2.05) is 23.6 Å². The molecule has 1 aromatic carbocycles. The molecule has 0 aliphatic carbocycles. The number of nitrogens with zero attached hydrogens (tertiary/aromatic N) is 2. The van der Waals surface area contributed by atoms with Gasteiger partial charge in [-0.2, -0.15) is 0 Å². The number of aliphatic hydroxyl groups is 1. The summed E-state index contributed by atoms with van der Waals surface area (Å²) >= 11 is 1.63. The highest BCUT2D eigenvalue weighted by Gasteiger charge is 2.47. The Hall–Kier alpha value is -1.23. The molecule has 4 heterocycles. The number of hydrogen-bond acceptors (Lipinski definition) is 4. The lowest BCUT2D eigenvalue weighted by molar-refractivity contribution is -0.120. The molecule has 2 aromatic rings. The zero-order valence-corrected chi connectivity index (χ0v) is 12.1. The molecule has 104 valence electrons. The highest BCUT2D eigenvalue weighted by atomic mass is 32.1. The fraction of sp³-hybridized carbons (Fsp3) is 0.438. The maximum Gasteiger partial charge on any atom is 0.123 e. The second-order valence-corrected chi connectivity index (χ2v) is 6.74. The molecule has 3 aliphatic rings. The molecule has 1 unspecified atom stereocenters. The SMILES string of the molecule is OC1(c2csc(-c3ccccc3)n2)CN2CCC1CC2. The van der Waals surface area contributed by atoms with Gasteiger partial charge in [0.2, 0.25) is 0 Å². The fourth-order valence-corrected chi connectivity index (χ4v) is 4.42. The number of thiazole rings is 1. The summed E-state index contributed by atoms with van der Waals surface area (Å²) in [5, 5.41) is 14.1. The first-order valence-corrected chi connectivity index (χ1v) is 8.10. The van der Waals surface area contributed by atoms with Gasteiger partial charge in [-0.25, -0.2) is 4.98 Å². The zero-order chi connectivity index (χ0) is 13.6. The van der Waals surface area contributed by atoms with Gasteiger partial charge in [0, 0.05) is 17.5 Å². The smallest absolute Gasteiger partial charge is 0.123 e. The van der Waals surface area contributed by atoms with Crippen molar-refractivity contribution in [3.05, 3.63) is 41.4 Å². The molecule has 3 saturated heterocycles.